The van der Waals surface area contributed by atoms with Gasteiger partial charge in [0.1, 0.15) is 11.5 Å². The topological polar surface area (TPSA) is 84.9 Å². The van der Waals surface area contributed by atoms with Crippen LogP contribution in [0.15, 0.2) is 60.7 Å². The minimum Gasteiger partial charge on any atom is -0.493 e. The standard InChI is InChI=1S/C31H36ClNO5/c1-5-7-18-37-28-15-12-25(32)20-27(28)29(34)33-17-16-23-8-9-24(19-21(23)6-2)22-10-13-26(14-11-22)38-31(3,4)30(35)36/h8-15,19-20H,5-7,16-18H2,1-4H3,(H,33,34)(H,35,36). The number of carbonyl (C=O) groups excluding carboxylic acids is 1. The van der Waals surface area contributed by atoms with Crippen LogP contribution in [0.4, 0.5) is 0 Å². The SMILES string of the molecule is CCCCOc1ccc(Cl)cc1C(=O)NCCc1ccc(-c2ccc(OC(C)(C)C(=O)O)cc2)cc1CC. The zero-order chi connectivity index (χ0) is 27.7. The molecule has 0 saturated heterocycles. The summed E-state index contributed by atoms with van der Waals surface area (Å²) in [7, 11) is 0. The molecule has 0 radical (unpaired) electrons. The highest BCUT2D eigenvalue weighted by Crippen LogP contribution is 2.27. The number of hydrogen-bond acceptors (Lipinski definition) is 4. The molecule has 7 heteroatoms. The van der Waals surface area contributed by atoms with Crippen molar-refractivity contribution in [2.24, 2.45) is 0 Å². The molecule has 3 aromatic carbocycles. The third kappa shape index (κ3) is 7.75. The maximum absolute atomic E-state index is 12.9. The van der Waals surface area contributed by atoms with Gasteiger partial charge in [-0.25, -0.2) is 4.79 Å². The smallest absolute Gasteiger partial charge is 0.347 e. The Kier molecular flexibility index (Phi) is 10.2. The molecule has 0 heterocycles. The average molecular weight is 538 g/mol. The predicted octanol–water partition coefficient (Wildman–Crippen LogP) is 6.96. The molecule has 0 aromatic heterocycles. The molecule has 6 nitrogen and oxygen atoms in total. The summed E-state index contributed by atoms with van der Waals surface area (Å²) < 4.78 is 11.4. The van der Waals surface area contributed by atoms with E-state index < -0.39 is 11.6 Å². The summed E-state index contributed by atoms with van der Waals surface area (Å²) in [5, 5.41) is 12.8. The molecule has 38 heavy (non-hydrogen) atoms. The first-order valence-corrected chi connectivity index (χ1v) is 13.4. The molecule has 0 atom stereocenters. The Balaban J connectivity index is 1.65. The van der Waals surface area contributed by atoms with E-state index in [0.717, 1.165) is 30.4 Å². The molecule has 1 amide bonds. The Morgan fingerprint density at radius 1 is 0.947 bits per heavy atom. The number of unbranched alkanes of at least 4 members (excludes halogenated alkanes) is 1. The lowest BCUT2D eigenvalue weighted by Crippen LogP contribution is -2.37. The molecule has 0 bridgehead atoms. The third-order valence-electron chi connectivity index (χ3n) is 6.28. The van der Waals surface area contributed by atoms with Crippen molar-refractivity contribution >= 4 is 23.5 Å². The molecule has 0 unspecified atom stereocenters. The van der Waals surface area contributed by atoms with Gasteiger partial charge in [-0.15, -0.1) is 0 Å². The van der Waals surface area contributed by atoms with Crippen LogP contribution in [0.3, 0.4) is 0 Å². The van der Waals surface area contributed by atoms with E-state index >= 15 is 0 Å². The highest BCUT2D eigenvalue weighted by Gasteiger charge is 2.29. The van der Waals surface area contributed by atoms with Crippen molar-refractivity contribution < 1.29 is 24.2 Å². The highest BCUT2D eigenvalue weighted by molar-refractivity contribution is 6.31. The number of carboxylic acid groups (broad SMARTS) is 1. The first kappa shape index (κ1) is 29.1. The van der Waals surface area contributed by atoms with Gasteiger partial charge in [-0.05, 0) is 85.7 Å². The number of halogens is 1. The molecule has 2 N–H and O–H groups in total. The van der Waals surface area contributed by atoms with Crippen LogP contribution < -0.4 is 14.8 Å². The fourth-order valence-corrected chi connectivity index (χ4v) is 4.14. The number of amides is 1. The molecule has 0 fully saturated rings. The lowest BCUT2D eigenvalue weighted by Gasteiger charge is -2.21. The number of nitrogens with one attached hydrogen (secondary N) is 1. The van der Waals surface area contributed by atoms with E-state index in [1.54, 1.807) is 30.3 Å². The van der Waals surface area contributed by atoms with Gasteiger partial charge < -0.3 is 19.9 Å². The van der Waals surface area contributed by atoms with Crippen LogP contribution in [0.25, 0.3) is 11.1 Å². The van der Waals surface area contributed by atoms with Crippen LogP contribution in [0.2, 0.25) is 5.02 Å². The summed E-state index contributed by atoms with van der Waals surface area (Å²) >= 11 is 6.14. The first-order chi connectivity index (χ1) is 18.1. The number of hydrogen-bond donors (Lipinski definition) is 2. The van der Waals surface area contributed by atoms with E-state index in [4.69, 9.17) is 21.1 Å². The summed E-state index contributed by atoms with van der Waals surface area (Å²) in [5.74, 6) is -0.180. The van der Waals surface area contributed by atoms with Gasteiger partial charge in [-0.1, -0.05) is 62.2 Å². The molecule has 0 aliphatic rings. The van der Waals surface area contributed by atoms with Crippen LogP contribution in [0, 0.1) is 0 Å². The molecule has 202 valence electrons. The van der Waals surface area contributed by atoms with Crippen molar-refractivity contribution in [3.63, 3.8) is 0 Å². The van der Waals surface area contributed by atoms with Crippen LogP contribution in [0.1, 0.15) is 62.0 Å². The highest BCUT2D eigenvalue weighted by atomic mass is 35.5. The zero-order valence-corrected chi connectivity index (χ0v) is 23.2. The van der Waals surface area contributed by atoms with Crippen LogP contribution in [-0.4, -0.2) is 35.7 Å². The number of aryl methyl sites for hydroxylation is 1. The quantitative estimate of drug-likeness (QED) is 0.230. The van der Waals surface area contributed by atoms with Gasteiger partial charge in [0.15, 0.2) is 5.60 Å². The number of benzene rings is 3. The number of carboxylic acids is 1. The second-order valence-corrected chi connectivity index (χ2v) is 10.1. The summed E-state index contributed by atoms with van der Waals surface area (Å²) in [5.41, 5.74) is 3.59. The first-order valence-electron chi connectivity index (χ1n) is 13.0. The predicted molar refractivity (Wildman–Crippen MR) is 151 cm³/mol. The van der Waals surface area contributed by atoms with E-state index in [2.05, 4.69) is 37.4 Å². The van der Waals surface area contributed by atoms with Crippen molar-refractivity contribution in [1.82, 2.24) is 5.32 Å². The van der Waals surface area contributed by atoms with Gasteiger partial charge >= 0.3 is 5.97 Å². The second-order valence-electron chi connectivity index (χ2n) is 9.63. The van der Waals surface area contributed by atoms with Crippen LogP contribution in [0.5, 0.6) is 11.5 Å². The van der Waals surface area contributed by atoms with Gasteiger partial charge in [-0.2, -0.15) is 0 Å². The van der Waals surface area contributed by atoms with Gasteiger partial charge in [0.05, 0.1) is 12.2 Å². The number of carbonyl (C=O) groups is 2. The summed E-state index contributed by atoms with van der Waals surface area (Å²) in [6, 6.07) is 18.8. The maximum Gasteiger partial charge on any atom is 0.347 e. The Labute approximate surface area is 229 Å². The molecule has 3 rings (SSSR count). The van der Waals surface area contributed by atoms with Gasteiger partial charge in [0.25, 0.3) is 5.91 Å². The van der Waals surface area contributed by atoms with E-state index in [-0.39, 0.29) is 5.91 Å². The molecular weight excluding hydrogens is 502 g/mol. The largest absolute Gasteiger partial charge is 0.493 e. The monoisotopic (exact) mass is 537 g/mol. The van der Waals surface area contributed by atoms with Crippen molar-refractivity contribution in [2.45, 2.75) is 59.0 Å². The van der Waals surface area contributed by atoms with Crippen molar-refractivity contribution in [3.05, 3.63) is 82.4 Å². The lowest BCUT2D eigenvalue weighted by molar-refractivity contribution is -0.152. The van der Waals surface area contributed by atoms with Crippen LogP contribution >= 0.6 is 11.6 Å². The van der Waals surface area contributed by atoms with E-state index in [9.17, 15) is 14.7 Å². The minimum atomic E-state index is -1.30. The molecule has 0 aliphatic carbocycles. The fraction of sp³-hybridized carbons (Fsp3) is 0.355. The molecule has 0 saturated carbocycles. The Morgan fingerprint density at radius 3 is 2.32 bits per heavy atom. The number of ether oxygens (including phenoxy) is 2. The maximum atomic E-state index is 12.9. The Morgan fingerprint density at radius 2 is 1.66 bits per heavy atom. The Bertz CT molecular complexity index is 1250. The fourth-order valence-electron chi connectivity index (χ4n) is 3.97. The van der Waals surface area contributed by atoms with E-state index in [1.165, 1.54) is 25.0 Å². The number of rotatable bonds is 13. The lowest BCUT2D eigenvalue weighted by atomic mass is 9.96. The normalized spacial score (nSPS) is 11.2. The minimum absolute atomic E-state index is 0.206. The molecular formula is C31H36ClNO5. The molecule has 3 aromatic rings. The van der Waals surface area contributed by atoms with Crippen LogP contribution in [-0.2, 0) is 17.6 Å². The van der Waals surface area contributed by atoms with Gasteiger partial charge in [0.2, 0.25) is 0 Å². The van der Waals surface area contributed by atoms with E-state index in [1.807, 2.05) is 12.1 Å². The summed E-state index contributed by atoms with van der Waals surface area (Å²) in [6.45, 7) is 8.28. The summed E-state index contributed by atoms with van der Waals surface area (Å²) in [4.78, 5) is 24.2. The van der Waals surface area contributed by atoms with Gasteiger partial charge in [-0.3, -0.25) is 4.79 Å². The van der Waals surface area contributed by atoms with Crippen molar-refractivity contribution in [2.75, 3.05) is 13.2 Å². The second kappa shape index (κ2) is 13.3. The summed E-state index contributed by atoms with van der Waals surface area (Å²) in [6.07, 6.45) is 3.48. The molecule has 0 aliphatic heterocycles. The number of aliphatic carboxylic acids is 1. The van der Waals surface area contributed by atoms with Crippen molar-refractivity contribution in [1.29, 1.82) is 0 Å². The molecule has 0 spiro atoms. The average Bonchev–Trinajstić information content (AvgIpc) is 2.89. The Hall–Kier alpha value is -3.51. The van der Waals surface area contributed by atoms with Gasteiger partial charge in [0, 0.05) is 11.6 Å². The zero-order valence-electron chi connectivity index (χ0n) is 22.5. The van der Waals surface area contributed by atoms with E-state index in [0.29, 0.717) is 41.7 Å². The van der Waals surface area contributed by atoms with Crippen molar-refractivity contribution in [3.8, 4) is 22.6 Å². The third-order valence-corrected chi connectivity index (χ3v) is 6.52.